The van der Waals surface area contributed by atoms with E-state index in [0.717, 1.165) is 24.5 Å². The number of rotatable bonds is 8. The molecule has 3 nitrogen and oxygen atoms in total. The van der Waals surface area contributed by atoms with E-state index in [0.29, 0.717) is 12.0 Å². The number of nitrogens with one attached hydrogen (secondary N) is 1. The molecule has 1 aliphatic rings. The van der Waals surface area contributed by atoms with Crippen molar-refractivity contribution >= 4 is 0 Å². The van der Waals surface area contributed by atoms with E-state index in [-0.39, 0.29) is 0 Å². The lowest BCUT2D eigenvalue weighted by Crippen LogP contribution is -2.34. The van der Waals surface area contributed by atoms with Gasteiger partial charge in [-0.05, 0) is 48.6 Å². The number of benzene rings is 1. The Kier molecular flexibility index (Phi) is 6.32. The van der Waals surface area contributed by atoms with Crippen molar-refractivity contribution < 1.29 is 9.47 Å². The van der Waals surface area contributed by atoms with Gasteiger partial charge in [0.05, 0.1) is 14.2 Å². The molecule has 2 rings (SSSR count). The Morgan fingerprint density at radius 1 is 1.27 bits per heavy atom. The molecule has 0 aromatic heterocycles. The highest BCUT2D eigenvalue weighted by Crippen LogP contribution is 2.38. The Hall–Kier alpha value is -1.48. The first kappa shape index (κ1) is 16.9. The molecule has 0 spiro atoms. The summed E-state index contributed by atoms with van der Waals surface area (Å²) >= 11 is 0. The van der Waals surface area contributed by atoms with Crippen molar-refractivity contribution in [3.8, 4) is 11.5 Å². The van der Waals surface area contributed by atoms with Gasteiger partial charge in [-0.3, -0.25) is 0 Å². The van der Waals surface area contributed by atoms with Gasteiger partial charge >= 0.3 is 0 Å². The Balaban J connectivity index is 2.27. The van der Waals surface area contributed by atoms with Crippen LogP contribution in [0.15, 0.2) is 24.8 Å². The van der Waals surface area contributed by atoms with Crippen LogP contribution in [0.25, 0.3) is 0 Å². The fraction of sp³-hybridized carbons (Fsp3) is 0.579. The molecule has 1 aromatic rings. The first-order valence-corrected chi connectivity index (χ1v) is 8.35. The second-order valence-electron chi connectivity index (χ2n) is 5.98. The highest BCUT2D eigenvalue weighted by atomic mass is 16.5. The van der Waals surface area contributed by atoms with Gasteiger partial charge in [0.1, 0.15) is 0 Å². The molecule has 0 saturated carbocycles. The number of hydrogen-bond acceptors (Lipinski definition) is 3. The van der Waals surface area contributed by atoms with Crippen molar-refractivity contribution in [2.75, 3.05) is 20.8 Å². The molecule has 1 heterocycles. The van der Waals surface area contributed by atoms with Crippen molar-refractivity contribution in [3.05, 3.63) is 35.9 Å². The summed E-state index contributed by atoms with van der Waals surface area (Å²) in [6, 6.07) is 4.60. The van der Waals surface area contributed by atoms with E-state index < -0.39 is 0 Å². The molecular formula is C19H29NO2. The van der Waals surface area contributed by atoms with Gasteiger partial charge in [-0.1, -0.05) is 32.3 Å². The maximum absolute atomic E-state index is 5.48. The quantitative estimate of drug-likeness (QED) is 0.574. The number of hydrogen-bond donors (Lipinski definition) is 1. The van der Waals surface area contributed by atoms with Gasteiger partial charge in [-0.25, -0.2) is 0 Å². The lowest BCUT2D eigenvalue weighted by atomic mass is 9.83. The van der Waals surface area contributed by atoms with Crippen molar-refractivity contribution in [1.29, 1.82) is 0 Å². The minimum absolute atomic E-state index is 0.331. The molecule has 0 saturated heterocycles. The molecule has 0 amide bonds. The van der Waals surface area contributed by atoms with Crippen molar-refractivity contribution in [2.45, 2.75) is 45.1 Å². The summed E-state index contributed by atoms with van der Waals surface area (Å²) in [6.45, 7) is 7.32. The van der Waals surface area contributed by atoms with Gasteiger partial charge < -0.3 is 14.8 Å². The van der Waals surface area contributed by atoms with Crippen LogP contribution in [0, 0.1) is 5.92 Å². The van der Waals surface area contributed by atoms with Crippen LogP contribution < -0.4 is 14.8 Å². The topological polar surface area (TPSA) is 30.5 Å². The number of methoxy groups -OCH3 is 2. The van der Waals surface area contributed by atoms with E-state index in [1.165, 1.54) is 36.8 Å². The number of fused-ring (bicyclic) bond motifs is 1. The van der Waals surface area contributed by atoms with E-state index in [9.17, 15) is 0 Å². The zero-order valence-corrected chi connectivity index (χ0v) is 14.2. The van der Waals surface area contributed by atoms with E-state index in [1.807, 2.05) is 0 Å². The van der Waals surface area contributed by atoms with Gasteiger partial charge in [0.15, 0.2) is 11.5 Å². The predicted molar refractivity (Wildman–Crippen MR) is 91.8 cm³/mol. The van der Waals surface area contributed by atoms with Gasteiger partial charge in [0.25, 0.3) is 0 Å². The van der Waals surface area contributed by atoms with Crippen molar-refractivity contribution in [3.63, 3.8) is 0 Å². The molecule has 0 unspecified atom stereocenters. The highest BCUT2D eigenvalue weighted by Gasteiger charge is 2.27. The van der Waals surface area contributed by atoms with Gasteiger partial charge in [-0.2, -0.15) is 0 Å². The minimum Gasteiger partial charge on any atom is -0.493 e. The molecule has 0 radical (unpaired) electrons. The number of unbranched alkanes of at least 4 members (excludes halogenated alkanes) is 2. The monoisotopic (exact) mass is 303 g/mol. The Morgan fingerprint density at radius 2 is 2.00 bits per heavy atom. The third kappa shape index (κ3) is 3.64. The maximum atomic E-state index is 5.48. The average Bonchev–Trinajstić information content (AvgIpc) is 2.57. The fourth-order valence-electron chi connectivity index (χ4n) is 3.35. The molecule has 1 aromatic carbocycles. The molecule has 2 atom stereocenters. The first-order valence-electron chi connectivity index (χ1n) is 8.35. The zero-order valence-electron chi connectivity index (χ0n) is 14.2. The Morgan fingerprint density at radius 3 is 2.64 bits per heavy atom. The fourth-order valence-corrected chi connectivity index (χ4v) is 3.35. The molecule has 0 fully saturated rings. The van der Waals surface area contributed by atoms with E-state index in [2.05, 4.69) is 37.0 Å². The molecule has 3 heteroatoms. The summed E-state index contributed by atoms with van der Waals surface area (Å²) in [4.78, 5) is 0. The predicted octanol–water partition coefficient (Wildman–Crippen LogP) is 4.27. The molecule has 0 bridgehead atoms. The van der Waals surface area contributed by atoms with Crippen LogP contribution in [0.5, 0.6) is 11.5 Å². The molecule has 1 N–H and O–H groups in total. The van der Waals surface area contributed by atoms with Crippen LogP contribution in [0.1, 0.15) is 49.8 Å². The van der Waals surface area contributed by atoms with Crippen LogP contribution in [0.3, 0.4) is 0 Å². The van der Waals surface area contributed by atoms with E-state index >= 15 is 0 Å². The largest absolute Gasteiger partial charge is 0.493 e. The smallest absolute Gasteiger partial charge is 0.161 e. The third-order valence-corrected chi connectivity index (χ3v) is 4.61. The van der Waals surface area contributed by atoms with Crippen LogP contribution in [0.4, 0.5) is 0 Å². The van der Waals surface area contributed by atoms with Crippen molar-refractivity contribution in [1.82, 2.24) is 5.32 Å². The maximum Gasteiger partial charge on any atom is 0.161 e. The lowest BCUT2D eigenvalue weighted by Gasteiger charge is -2.32. The summed E-state index contributed by atoms with van der Waals surface area (Å²) in [5, 5.41) is 3.67. The lowest BCUT2D eigenvalue weighted by molar-refractivity contribution is 0.345. The SMILES string of the molecule is C=C[C@@H](CCCCC)[C@H]1NCCc2cc(OC)c(OC)cc21. The minimum atomic E-state index is 0.331. The summed E-state index contributed by atoms with van der Waals surface area (Å²) in [6.07, 6.45) is 8.13. The van der Waals surface area contributed by atoms with Crippen LogP contribution in [0.2, 0.25) is 0 Å². The second kappa shape index (κ2) is 8.23. The average molecular weight is 303 g/mol. The molecule has 0 aliphatic carbocycles. The van der Waals surface area contributed by atoms with Gasteiger partial charge in [-0.15, -0.1) is 6.58 Å². The summed E-state index contributed by atoms with van der Waals surface area (Å²) in [5.41, 5.74) is 2.70. The normalized spacial score (nSPS) is 18.4. The molecule has 122 valence electrons. The van der Waals surface area contributed by atoms with Crippen LogP contribution >= 0.6 is 0 Å². The summed E-state index contributed by atoms with van der Waals surface area (Å²) in [7, 11) is 3.39. The van der Waals surface area contributed by atoms with Gasteiger partial charge in [0.2, 0.25) is 0 Å². The Bertz CT molecular complexity index is 498. The van der Waals surface area contributed by atoms with Crippen molar-refractivity contribution in [2.24, 2.45) is 5.92 Å². The van der Waals surface area contributed by atoms with Crippen LogP contribution in [-0.4, -0.2) is 20.8 Å². The van der Waals surface area contributed by atoms with E-state index in [1.54, 1.807) is 14.2 Å². The standard InChI is InChI=1S/C19H29NO2/c1-5-7-8-9-14(6-2)19-16-13-18(22-4)17(21-3)12-15(16)10-11-20-19/h6,12-14,19-20H,2,5,7-11H2,1,3-4H3/t14-,19+/m0/s1. The summed E-state index contributed by atoms with van der Waals surface area (Å²) in [5.74, 6) is 2.10. The van der Waals surface area contributed by atoms with E-state index in [4.69, 9.17) is 9.47 Å². The molecule has 1 aliphatic heterocycles. The van der Waals surface area contributed by atoms with Gasteiger partial charge in [0, 0.05) is 6.04 Å². The Labute approximate surface area is 134 Å². The number of ether oxygens (including phenoxy) is 2. The first-order chi connectivity index (χ1) is 10.7. The molecular weight excluding hydrogens is 274 g/mol. The summed E-state index contributed by atoms with van der Waals surface area (Å²) < 4.78 is 10.9. The highest BCUT2D eigenvalue weighted by molar-refractivity contribution is 5.49. The second-order valence-corrected chi connectivity index (χ2v) is 5.98. The van der Waals surface area contributed by atoms with Crippen LogP contribution in [-0.2, 0) is 6.42 Å². The molecule has 22 heavy (non-hydrogen) atoms. The third-order valence-electron chi connectivity index (χ3n) is 4.61. The zero-order chi connectivity index (χ0) is 15.9.